The van der Waals surface area contributed by atoms with Crippen LogP contribution in [0.15, 0.2) is 24.3 Å². The zero-order valence-corrected chi connectivity index (χ0v) is 7.01. The third kappa shape index (κ3) is 1.41. The third-order valence-corrected chi connectivity index (χ3v) is 2.50. The van der Waals surface area contributed by atoms with Gasteiger partial charge >= 0.3 is 0 Å². The van der Waals surface area contributed by atoms with Gasteiger partial charge in [0.15, 0.2) is 0 Å². The molecule has 1 saturated carbocycles. The molecule has 1 radical (unpaired) electrons. The van der Waals surface area contributed by atoms with E-state index in [1.807, 2.05) is 12.1 Å². The molecule has 0 N–H and O–H groups in total. The molecule has 1 aliphatic rings. The molecule has 1 fully saturated rings. The van der Waals surface area contributed by atoms with E-state index in [-0.39, 0.29) is 0 Å². The lowest BCUT2D eigenvalue weighted by Crippen LogP contribution is -2.08. The second kappa shape index (κ2) is 2.86. The van der Waals surface area contributed by atoms with Crippen LogP contribution in [-0.4, -0.2) is 0 Å². The van der Waals surface area contributed by atoms with E-state index in [1.165, 1.54) is 18.4 Å². The quantitative estimate of drug-likeness (QED) is 0.598. The topological polar surface area (TPSA) is 0 Å². The Hall–Kier alpha value is -0.490. The standard InChI is InChI=1S/C10H10Cl/c11-10-6-4-9(5-7-10)8-2-1-3-8/h1,4-8H,2-3H2. The van der Waals surface area contributed by atoms with Crippen LogP contribution >= 0.6 is 11.6 Å². The summed E-state index contributed by atoms with van der Waals surface area (Å²) >= 11 is 5.77. The van der Waals surface area contributed by atoms with Crippen molar-refractivity contribution in [3.8, 4) is 0 Å². The average molecular weight is 166 g/mol. The average Bonchev–Trinajstić information content (AvgIpc) is 1.90. The fourth-order valence-corrected chi connectivity index (χ4v) is 1.47. The van der Waals surface area contributed by atoms with E-state index in [1.54, 1.807) is 0 Å². The van der Waals surface area contributed by atoms with Gasteiger partial charge in [0.25, 0.3) is 0 Å². The highest BCUT2D eigenvalue weighted by Crippen LogP contribution is 2.35. The minimum Gasteiger partial charge on any atom is -0.0843 e. The van der Waals surface area contributed by atoms with Crippen LogP contribution < -0.4 is 0 Å². The van der Waals surface area contributed by atoms with Gasteiger partial charge in [-0.25, -0.2) is 0 Å². The first-order chi connectivity index (χ1) is 5.36. The van der Waals surface area contributed by atoms with E-state index in [9.17, 15) is 0 Å². The Kier molecular flexibility index (Phi) is 1.87. The molecular weight excluding hydrogens is 156 g/mol. The normalized spacial score (nSPS) is 17.9. The summed E-state index contributed by atoms with van der Waals surface area (Å²) in [6.45, 7) is 0. The molecule has 0 spiro atoms. The van der Waals surface area contributed by atoms with Crippen molar-refractivity contribution < 1.29 is 0 Å². The Labute approximate surface area is 72.2 Å². The minimum atomic E-state index is 0.771. The van der Waals surface area contributed by atoms with Crippen LogP contribution in [0.25, 0.3) is 0 Å². The molecule has 0 unspecified atom stereocenters. The van der Waals surface area contributed by atoms with E-state index < -0.39 is 0 Å². The van der Waals surface area contributed by atoms with Crippen molar-refractivity contribution in [1.82, 2.24) is 0 Å². The van der Waals surface area contributed by atoms with Crippen LogP contribution in [0.2, 0.25) is 5.02 Å². The van der Waals surface area contributed by atoms with Crippen molar-refractivity contribution in [1.29, 1.82) is 0 Å². The highest BCUT2D eigenvalue weighted by Gasteiger charge is 2.18. The second-order valence-corrected chi connectivity index (χ2v) is 3.44. The molecule has 0 aliphatic heterocycles. The summed E-state index contributed by atoms with van der Waals surface area (Å²) < 4.78 is 0. The van der Waals surface area contributed by atoms with Gasteiger partial charge < -0.3 is 0 Å². The largest absolute Gasteiger partial charge is 0.0843 e. The molecule has 0 saturated heterocycles. The van der Waals surface area contributed by atoms with Crippen LogP contribution in [0.4, 0.5) is 0 Å². The smallest absolute Gasteiger partial charge is 0.0406 e. The predicted octanol–water partition coefficient (Wildman–Crippen LogP) is 3.42. The molecular formula is C10H10Cl. The molecule has 1 aliphatic carbocycles. The van der Waals surface area contributed by atoms with Crippen LogP contribution in [0.5, 0.6) is 0 Å². The lowest BCUT2D eigenvalue weighted by Gasteiger charge is -2.25. The first kappa shape index (κ1) is 7.17. The molecule has 1 heteroatoms. The van der Waals surface area contributed by atoms with E-state index in [4.69, 9.17) is 11.6 Å². The highest BCUT2D eigenvalue weighted by atomic mass is 35.5. The van der Waals surface area contributed by atoms with Gasteiger partial charge in [-0.3, -0.25) is 0 Å². The number of benzene rings is 1. The molecule has 57 valence electrons. The minimum absolute atomic E-state index is 0.771. The lowest BCUT2D eigenvalue weighted by atomic mass is 9.80. The maximum Gasteiger partial charge on any atom is 0.0406 e. The van der Waals surface area contributed by atoms with Gasteiger partial charge in [0.05, 0.1) is 0 Å². The summed E-state index contributed by atoms with van der Waals surface area (Å²) in [7, 11) is 0. The molecule has 0 nitrogen and oxygen atoms in total. The van der Waals surface area contributed by atoms with Crippen molar-refractivity contribution >= 4 is 11.6 Å². The van der Waals surface area contributed by atoms with Crippen molar-refractivity contribution in [2.45, 2.75) is 18.8 Å². The van der Waals surface area contributed by atoms with Gasteiger partial charge in [-0.05, 0) is 42.9 Å². The predicted molar refractivity (Wildman–Crippen MR) is 47.7 cm³/mol. The van der Waals surface area contributed by atoms with E-state index in [2.05, 4.69) is 18.6 Å². The van der Waals surface area contributed by atoms with Crippen molar-refractivity contribution in [3.05, 3.63) is 41.3 Å². The molecule has 0 amide bonds. The summed E-state index contributed by atoms with van der Waals surface area (Å²) in [4.78, 5) is 0. The van der Waals surface area contributed by atoms with Crippen molar-refractivity contribution in [3.63, 3.8) is 0 Å². The maximum absolute atomic E-state index is 5.77. The molecule has 11 heavy (non-hydrogen) atoms. The first-order valence-electron chi connectivity index (χ1n) is 3.93. The van der Waals surface area contributed by atoms with Gasteiger partial charge in [0, 0.05) is 5.02 Å². The number of hydrogen-bond acceptors (Lipinski definition) is 0. The zero-order chi connectivity index (χ0) is 7.68. The first-order valence-corrected chi connectivity index (χ1v) is 4.31. The van der Waals surface area contributed by atoms with Crippen LogP contribution in [0.3, 0.4) is 0 Å². The van der Waals surface area contributed by atoms with Gasteiger partial charge in [-0.15, -0.1) is 0 Å². The Bertz CT molecular complexity index is 234. The summed E-state index contributed by atoms with van der Waals surface area (Å²) in [6, 6.07) is 8.18. The van der Waals surface area contributed by atoms with Crippen LogP contribution in [0.1, 0.15) is 24.3 Å². The van der Waals surface area contributed by atoms with Gasteiger partial charge in [0.1, 0.15) is 0 Å². The number of hydrogen-bond donors (Lipinski definition) is 0. The summed E-state index contributed by atoms with van der Waals surface area (Å²) in [5, 5.41) is 0.831. The Morgan fingerprint density at radius 3 is 2.18 bits per heavy atom. The molecule has 1 aromatic carbocycles. The summed E-state index contributed by atoms with van der Waals surface area (Å²) in [6.07, 6.45) is 4.79. The van der Waals surface area contributed by atoms with E-state index in [0.717, 1.165) is 10.9 Å². The fraction of sp³-hybridized carbons (Fsp3) is 0.300. The van der Waals surface area contributed by atoms with Crippen molar-refractivity contribution in [2.24, 2.45) is 0 Å². The van der Waals surface area contributed by atoms with Gasteiger partial charge in [-0.2, -0.15) is 0 Å². The van der Waals surface area contributed by atoms with E-state index >= 15 is 0 Å². The van der Waals surface area contributed by atoms with E-state index in [0.29, 0.717) is 0 Å². The molecule has 0 heterocycles. The van der Waals surface area contributed by atoms with Crippen LogP contribution in [-0.2, 0) is 0 Å². The molecule has 2 rings (SSSR count). The number of rotatable bonds is 1. The lowest BCUT2D eigenvalue weighted by molar-refractivity contribution is 0.540. The Morgan fingerprint density at radius 1 is 1.09 bits per heavy atom. The maximum atomic E-state index is 5.77. The van der Waals surface area contributed by atoms with Gasteiger partial charge in [-0.1, -0.05) is 23.7 Å². The summed E-state index contributed by atoms with van der Waals surface area (Å²) in [5.74, 6) is 0.771. The highest BCUT2D eigenvalue weighted by molar-refractivity contribution is 6.30. The van der Waals surface area contributed by atoms with Crippen LogP contribution in [0, 0.1) is 6.42 Å². The number of halogens is 1. The second-order valence-electron chi connectivity index (χ2n) is 3.01. The monoisotopic (exact) mass is 165 g/mol. The molecule has 1 aromatic rings. The Morgan fingerprint density at radius 2 is 1.73 bits per heavy atom. The summed E-state index contributed by atoms with van der Waals surface area (Å²) in [5.41, 5.74) is 1.43. The zero-order valence-electron chi connectivity index (χ0n) is 6.26. The van der Waals surface area contributed by atoms with Crippen molar-refractivity contribution in [2.75, 3.05) is 0 Å². The SMILES string of the molecule is Clc1ccc(C2C[CH]C2)cc1. The molecule has 0 atom stereocenters. The Balaban J connectivity index is 2.18. The third-order valence-electron chi connectivity index (χ3n) is 2.24. The molecule has 0 bridgehead atoms. The van der Waals surface area contributed by atoms with Gasteiger partial charge in [0.2, 0.25) is 0 Å². The molecule has 0 aromatic heterocycles. The fourth-order valence-electron chi connectivity index (χ4n) is 1.34.